The second-order valence-corrected chi connectivity index (χ2v) is 10.4. The quantitative estimate of drug-likeness (QED) is 0.310. The van der Waals surface area contributed by atoms with Gasteiger partial charge in [-0.15, -0.1) is 5.10 Å². The van der Waals surface area contributed by atoms with Crippen LogP contribution in [0.25, 0.3) is 11.1 Å². The second-order valence-electron chi connectivity index (χ2n) is 9.97. The van der Waals surface area contributed by atoms with E-state index in [4.69, 9.17) is 25.8 Å². The number of fused-ring (bicyclic) bond motifs is 1. The van der Waals surface area contributed by atoms with Crippen LogP contribution in [0, 0.1) is 0 Å². The van der Waals surface area contributed by atoms with E-state index in [2.05, 4.69) is 30.8 Å². The van der Waals surface area contributed by atoms with Crippen molar-refractivity contribution in [1.82, 2.24) is 35.1 Å². The SMILES string of the molecule is COc1c(Nc2ncc(-c3ccc(Cl)c(O[C@@H](C)Cn4cnnn4)c3)cn2)ccc2c1CN(C1CCOCC1)C2=O. The Morgan fingerprint density at radius 3 is 2.68 bits per heavy atom. The Morgan fingerprint density at radius 2 is 1.95 bits per heavy atom. The van der Waals surface area contributed by atoms with Crippen molar-refractivity contribution in [2.24, 2.45) is 0 Å². The van der Waals surface area contributed by atoms with Gasteiger partial charge in [-0.1, -0.05) is 17.7 Å². The molecule has 4 aromatic rings. The first-order valence-corrected chi connectivity index (χ1v) is 13.7. The highest BCUT2D eigenvalue weighted by Gasteiger charge is 2.36. The Bertz CT molecular complexity index is 1530. The first-order chi connectivity index (χ1) is 20.0. The molecule has 2 aromatic heterocycles. The Balaban J connectivity index is 1.17. The molecule has 1 atom stereocenters. The fraction of sp³-hybridized carbons (Fsp3) is 0.357. The number of carbonyl (C=O) groups excluding carboxylic acids is 1. The number of hydrogen-bond donors (Lipinski definition) is 1. The van der Waals surface area contributed by atoms with Gasteiger partial charge in [0.15, 0.2) is 0 Å². The maximum Gasteiger partial charge on any atom is 0.254 e. The van der Waals surface area contributed by atoms with Crippen LogP contribution in [0.3, 0.4) is 0 Å². The topological polar surface area (TPSA) is 129 Å². The van der Waals surface area contributed by atoms with Crippen LogP contribution in [-0.2, 0) is 17.8 Å². The summed E-state index contributed by atoms with van der Waals surface area (Å²) >= 11 is 6.40. The minimum absolute atomic E-state index is 0.0356. The van der Waals surface area contributed by atoms with Crippen molar-refractivity contribution in [1.29, 1.82) is 0 Å². The van der Waals surface area contributed by atoms with E-state index >= 15 is 0 Å². The van der Waals surface area contributed by atoms with E-state index in [0.717, 1.165) is 29.5 Å². The van der Waals surface area contributed by atoms with Gasteiger partial charge < -0.3 is 24.4 Å². The van der Waals surface area contributed by atoms with E-state index in [1.54, 1.807) is 30.3 Å². The van der Waals surface area contributed by atoms with Crippen LogP contribution in [0.1, 0.15) is 35.7 Å². The van der Waals surface area contributed by atoms with Crippen LogP contribution in [0.4, 0.5) is 11.6 Å². The molecule has 0 saturated carbocycles. The predicted molar refractivity (Wildman–Crippen MR) is 150 cm³/mol. The maximum atomic E-state index is 13.1. The number of nitrogens with zero attached hydrogens (tertiary/aromatic N) is 7. The zero-order valence-electron chi connectivity index (χ0n) is 22.7. The van der Waals surface area contributed by atoms with Gasteiger partial charge in [0, 0.05) is 48.3 Å². The lowest BCUT2D eigenvalue weighted by Crippen LogP contribution is -2.39. The number of hydrogen-bond acceptors (Lipinski definition) is 10. The molecule has 0 bridgehead atoms. The fourth-order valence-electron chi connectivity index (χ4n) is 5.22. The zero-order valence-corrected chi connectivity index (χ0v) is 23.4. The molecule has 2 aromatic carbocycles. The molecule has 0 spiro atoms. The molecule has 1 N–H and O–H groups in total. The molecule has 4 heterocycles. The number of ether oxygens (including phenoxy) is 3. The number of amides is 1. The summed E-state index contributed by atoms with van der Waals surface area (Å²) in [5.41, 5.74) is 3.88. The van der Waals surface area contributed by atoms with Gasteiger partial charge in [-0.25, -0.2) is 14.6 Å². The average Bonchev–Trinajstić information content (AvgIpc) is 3.62. The van der Waals surface area contributed by atoms with Gasteiger partial charge in [0.2, 0.25) is 5.95 Å². The molecule has 0 aliphatic carbocycles. The Kier molecular flexibility index (Phi) is 7.66. The third-order valence-corrected chi connectivity index (χ3v) is 7.55. The number of anilines is 2. The summed E-state index contributed by atoms with van der Waals surface area (Å²) in [5.74, 6) is 1.60. The van der Waals surface area contributed by atoms with Gasteiger partial charge in [0.1, 0.15) is 23.9 Å². The third kappa shape index (κ3) is 5.66. The summed E-state index contributed by atoms with van der Waals surface area (Å²) in [6.45, 7) is 4.25. The Hall–Kier alpha value is -4.29. The first kappa shape index (κ1) is 26.9. The number of aromatic nitrogens is 6. The van der Waals surface area contributed by atoms with Crippen LogP contribution in [-0.4, -0.2) is 73.5 Å². The monoisotopic (exact) mass is 576 g/mol. The van der Waals surface area contributed by atoms with Crippen LogP contribution in [0.5, 0.6) is 11.5 Å². The largest absolute Gasteiger partial charge is 0.494 e. The van der Waals surface area contributed by atoms with Crippen molar-refractivity contribution in [3.63, 3.8) is 0 Å². The number of halogens is 1. The van der Waals surface area contributed by atoms with Gasteiger partial charge in [0.05, 0.1) is 30.9 Å². The Labute approximate surface area is 241 Å². The lowest BCUT2D eigenvalue weighted by molar-refractivity contribution is 0.0303. The van der Waals surface area contributed by atoms with E-state index in [0.29, 0.717) is 60.0 Å². The molecule has 212 valence electrons. The molecule has 6 rings (SSSR count). The zero-order chi connectivity index (χ0) is 28.3. The smallest absolute Gasteiger partial charge is 0.254 e. The summed E-state index contributed by atoms with van der Waals surface area (Å²) in [7, 11) is 1.61. The molecular formula is C28H29ClN8O4. The number of methoxy groups -OCH3 is 1. The summed E-state index contributed by atoms with van der Waals surface area (Å²) in [5, 5.41) is 14.9. The molecule has 2 aliphatic heterocycles. The minimum atomic E-state index is -0.213. The van der Waals surface area contributed by atoms with Crippen molar-refractivity contribution >= 4 is 29.1 Å². The highest BCUT2D eigenvalue weighted by atomic mass is 35.5. The average molecular weight is 577 g/mol. The van der Waals surface area contributed by atoms with Crippen LogP contribution >= 0.6 is 11.6 Å². The number of carbonyl (C=O) groups is 1. The van der Waals surface area contributed by atoms with Gasteiger partial charge in [-0.2, -0.15) is 0 Å². The summed E-state index contributed by atoms with van der Waals surface area (Å²) < 4.78 is 18.9. The Morgan fingerprint density at radius 1 is 1.15 bits per heavy atom. The normalized spacial score (nSPS) is 16.0. The fourth-order valence-corrected chi connectivity index (χ4v) is 5.38. The lowest BCUT2D eigenvalue weighted by Gasteiger charge is -2.30. The molecule has 13 heteroatoms. The molecule has 41 heavy (non-hydrogen) atoms. The third-order valence-electron chi connectivity index (χ3n) is 7.24. The lowest BCUT2D eigenvalue weighted by atomic mass is 10.1. The maximum absolute atomic E-state index is 13.1. The van der Waals surface area contributed by atoms with E-state index < -0.39 is 0 Å². The molecule has 0 unspecified atom stereocenters. The predicted octanol–water partition coefficient (Wildman–Crippen LogP) is 4.14. The molecular weight excluding hydrogens is 548 g/mol. The minimum Gasteiger partial charge on any atom is -0.494 e. The van der Waals surface area contributed by atoms with Crippen molar-refractivity contribution in [3.8, 4) is 22.6 Å². The van der Waals surface area contributed by atoms with Gasteiger partial charge >= 0.3 is 0 Å². The molecule has 1 amide bonds. The number of rotatable bonds is 9. The molecule has 12 nitrogen and oxygen atoms in total. The molecule has 2 aliphatic rings. The van der Waals surface area contributed by atoms with Gasteiger partial charge in [0.25, 0.3) is 5.91 Å². The van der Waals surface area contributed by atoms with E-state index in [9.17, 15) is 4.79 Å². The van der Waals surface area contributed by atoms with Crippen LogP contribution in [0.15, 0.2) is 49.1 Å². The highest BCUT2D eigenvalue weighted by Crippen LogP contribution is 2.39. The van der Waals surface area contributed by atoms with Gasteiger partial charge in [-0.3, -0.25) is 4.79 Å². The summed E-state index contributed by atoms with van der Waals surface area (Å²) in [4.78, 5) is 24.1. The first-order valence-electron chi connectivity index (χ1n) is 13.3. The van der Waals surface area contributed by atoms with E-state index in [-0.39, 0.29) is 18.1 Å². The molecule has 1 saturated heterocycles. The number of tetrazole rings is 1. The van der Waals surface area contributed by atoms with E-state index in [1.165, 1.54) is 6.33 Å². The van der Waals surface area contributed by atoms with Crippen LogP contribution in [0.2, 0.25) is 5.02 Å². The number of nitrogens with one attached hydrogen (secondary N) is 1. The molecule has 0 radical (unpaired) electrons. The summed E-state index contributed by atoms with van der Waals surface area (Å²) in [6.07, 6.45) is 6.45. The van der Waals surface area contributed by atoms with Crippen molar-refractivity contribution < 1.29 is 19.0 Å². The standard InChI is InChI=1S/C28H29ClN8O4/c1-17(14-36-16-32-34-35-36)41-25-11-18(3-5-23(25)29)19-12-30-28(31-13-19)33-24-6-4-21-22(26(24)39-2)15-37(27(21)38)20-7-9-40-10-8-20/h3-6,11-13,16-17,20H,7-10,14-15H2,1-2H3,(H,30,31,33)/t17-/m0/s1. The van der Waals surface area contributed by atoms with Crippen LogP contribution < -0.4 is 14.8 Å². The highest BCUT2D eigenvalue weighted by molar-refractivity contribution is 6.32. The molecule has 1 fully saturated rings. The van der Waals surface area contributed by atoms with Crippen molar-refractivity contribution in [3.05, 3.63) is 65.2 Å². The number of benzene rings is 2. The van der Waals surface area contributed by atoms with Crippen molar-refractivity contribution in [2.45, 2.75) is 45.0 Å². The van der Waals surface area contributed by atoms with Crippen molar-refractivity contribution in [2.75, 3.05) is 25.6 Å². The van der Waals surface area contributed by atoms with E-state index in [1.807, 2.05) is 36.1 Å². The second kappa shape index (κ2) is 11.7. The van der Waals surface area contributed by atoms with Gasteiger partial charge in [-0.05, 0) is 60.0 Å². The summed E-state index contributed by atoms with van der Waals surface area (Å²) in [6, 6.07) is 9.37.